The van der Waals surface area contributed by atoms with E-state index in [-0.39, 0.29) is 28.8 Å². The van der Waals surface area contributed by atoms with Crippen LogP contribution in [0.5, 0.6) is 5.75 Å². The van der Waals surface area contributed by atoms with E-state index in [0.717, 1.165) is 6.07 Å². The highest BCUT2D eigenvalue weighted by atomic mass is 79.9. The second-order valence-electron chi connectivity index (χ2n) is 3.35. The fraction of sp³-hybridized carbons (Fsp3) is 0.333. The summed E-state index contributed by atoms with van der Waals surface area (Å²) in [6.07, 6.45) is 0. The molecule has 1 aromatic rings. The van der Waals surface area contributed by atoms with Gasteiger partial charge in [0, 0.05) is 5.33 Å². The van der Waals surface area contributed by atoms with Gasteiger partial charge in [-0.1, -0.05) is 15.9 Å². The summed E-state index contributed by atoms with van der Waals surface area (Å²) in [5.74, 6) is -0.995. The van der Waals surface area contributed by atoms with Crippen LogP contribution in [-0.4, -0.2) is 19.2 Å². The van der Waals surface area contributed by atoms with E-state index in [1.54, 1.807) is 13.0 Å². The number of benzene rings is 1. The topological polar surface area (TPSA) is 59.3 Å². The second-order valence-corrected chi connectivity index (χ2v) is 3.91. The zero-order valence-corrected chi connectivity index (χ0v) is 11.5. The zero-order valence-electron chi connectivity index (χ0n) is 9.95. The van der Waals surface area contributed by atoms with Crippen LogP contribution in [0.1, 0.15) is 28.4 Å². The smallest absolute Gasteiger partial charge is 0.387 e. The van der Waals surface area contributed by atoms with Crippen LogP contribution < -0.4 is 4.74 Å². The monoisotopic (exact) mass is 333 g/mol. The van der Waals surface area contributed by atoms with Crippen molar-refractivity contribution in [1.82, 2.24) is 0 Å². The van der Waals surface area contributed by atoms with Crippen molar-refractivity contribution in [2.75, 3.05) is 6.61 Å². The Kier molecular flexibility index (Phi) is 5.70. The predicted molar refractivity (Wildman–Crippen MR) is 66.4 cm³/mol. The van der Waals surface area contributed by atoms with Gasteiger partial charge in [0.25, 0.3) is 0 Å². The molecule has 0 aliphatic carbocycles. The number of nitrogens with zero attached hydrogens (tertiary/aromatic N) is 1. The maximum absolute atomic E-state index is 12.2. The molecule has 0 aliphatic heterocycles. The first-order valence-corrected chi connectivity index (χ1v) is 6.40. The lowest BCUT2D eigenvalue weighted by Crippen LogP contribution is -2.10. The largest absolute Gasteiger partial charge is 0.462 e. The average molecular weight is 334 g/mol. The number of halogens is 3. The first-order chi connectivity index (χ1) is 9.03. The van der Waals surface area contributed by atoms with Crippen molar-refractivity contribution in [3.63, 3.8) is 0 Å². The van der Waals surface area contributed by atoms with Crippen LogP contribution in [0.4, 0.5) is 8.78 Å². The lowest BCUT2D eigenvalue weighted by atomic mass is 10.0. The Labute approximate surface area is 117 Å². The summed E-state index contributed by atoms with van der Waals surface area (Å²) in [6, 6.07) is 4.16. The predicted octanol–water partition coefficient (Wildman–Crippen LogP) is 3.23. The lowest BCUT2D eigenvalue weighted by Gasteiger charge is -2.12. The van der Waals surface area contributed by atoms with Crippen molar-refractivity contribution in [3.8, 4) is 11.8 Å². The summed E-state index contributed by atoms with van der Waals surface area (Å²) in [6.45, 7) is -1.28. The van der Waals surface area contributed by atoms with Crippen LogP contribution in [0.15, 0.2) is 12.1 Å². The van der Waals surface area contributed by atoms with E-state index in [9.17, 15) is 13.6 Å². The Balaban J connectivity index is 3.29. The number of ether oxygens (including phenoxy) is 2. The molecule has 0 heterocycles. The second kappa shape index (κ2) is 7.04. The van der Waals surface area contributed by atoms with Gasteiger partial charge in [-0.3, -0.25) is 0 Å². The number of nitriles is 1. The number of hydrogen-bond acceptors (Lipinski definition) is 4. The van der Waals surface area contributed by atoms with Crippen LogP contribution >= 0.6 is 15.9 Å². The van der Waals surface area contributed by atoms with Crippen molar-refractivity contribution in [3.05, 3.63) is 28.8 Å². The summed E-state index contributed by atoms with van der Waals surface area (Å²) in [5.41, 5.74) is 0.493. The molecule has 7 heteroatoms. The number of rotatable bonds is 5. The first-order valence-electron chi connectivity index (χ1n) is 5.28. The van der Waals surface area contributed by atoms with Gasteiger partial charge in [0.05, 0.1) is 17.7 Å². The zero-order chi connectivity index (χ0) is 14.4. The van der Waals surface area contributed by atoms with E-state index in [1.165, 1.54) is 6.07 Å². The fourth-order valence-corrected chi connectivity index (χ4v) is 1.88. The summed E-state index contributed by atoms with van der Waals surface area (Å²) < 4.78 is 33.5. The highest BCUT2D eigenvalue weighted by molar-refractivity contribution is 9.08. The minimum absolute atomic E-state index is 0.0669. The van der Waals surface area contributed by atoms with Crippen molar-refractivity contribution in [2.24, 2.45) is 0 Å². The van der Waals surface area contributed by atoms with E-state index in [1.807, 2.05) is 0 Å². The number of esters is 1. The number of carbonyl (C=O) groups excluding carboxylic acids is 1. The molecule has 1 aromatic carbocycles. The molecule has 0 spiro atoms. The van der Waals surface area contributed by atoms with Gasteiger partial charge in [-0.15, -0.1) is 0 Å². The minimum Gasteiger partial charge on any atom is -0.462 e. The van der Waals surface area contributed by atoms with Gasteiger partial charge in [-0.2, -0.15) is 14.0 Å². The molecule has 0 bridgehead atoms. The third-order valence-electron chi connectivity index (χ3n) is 2.18. The van der Waals surface area contributed by atoms with Crippen molar-refractivity contribution in [2.45, 2.75) is 18.9 Å². The molecule has 0 saturated heterocycles. The van der Waals surface area contributed by atoms with Crippen LogP contribution in [0, 0.1) is 11.3 Å². The highest BCUT2D eigenvalue weighted by Crippen LogP contribution is 2.27. The van der Waals surface area contributed by atoms with Gasteiger partial charge >= 0.3 is 12.6 Å². The molecule has 1 rings (SSSR count). The van der Waals surface area contributed by atoms with Crippen LogP contribution in [0.2, 0.25) is 0 Å². The van der Waals surface area contributed by atoms with Crippen molar-refractivity contribution >= 4 is 21.9 Å². The molecular formula is C12H10BrF2NO3. The lowest BCUT2D eigenvalue weighted by molar-refractivity contribution is -0.0501. The molecule has 0 N–H and O–H groups in total. The summed E-state index contributed by atoms with van der Waals surface area (Å²) >= 11 is 3.16. The molecule has 0 unspecified atom stereocenters. The van der Waals surface area contributed by atoms with Gasteiger partial charge in [0.2, 0.25) is 0 Å². The van der Waals surface area contributed by atoms with Crippen LogP contribution in [0.25, 0.3) is 0 Å². The highest BCUT2D eigenvalue weighted by Gasteiger charge is 2.18. The summed E-state index contributed by atoms with van der Waals surface area (Å²) in [5, 5.41) is 9.16. The first kappa shape index (κ1) is 15.4. The van der Waals surface area contributed by atoms with E-state index >= 15 is 0 Å². The van der Waals surface area contributed by atoms with Gasteiger partial charge in [0.1, 0.15) is 11.8 Å². The van der Waals surface area contributed by atoms with Gasteiger partial charge < -0.3 is 9.47 Å². The normalized spacial score (nSPS) is 10.1. The summed E-state index contributed by atoms with van der Waals surface area (Å²) in [4.78, 5) is 11.7. The third kappa shape index (κ3) is 3.89. The van der Waals surface area contributed by atoms with Gasteiger partial charge in [-0.25, -0.2) is 4.79 Å². The number of hydrogen-bond donors (Lipinski definition) is 0. The minimum atomic E-state index is -3.07. The average Bonchev–Trinajstić information content (AvgIpc) is 2.37. The Hall–Kier alpha value is -1.68. The van der Waals surface area contributed by atoms with E-state index < -0.39 is 12.6 Å². The Morgan fingerprint density at radius 2 is 2.21 bits per heavy atom. The van der Waals surface area contributed by atoms with Crippen molar-refractivity contribution in [1.29, 1.82) is 5.26 Å². The molecule has 0 aliphatic rings. The molecule has 0 fully saturated rings. The maximum atomic E-state index is 12.2. The Bertz CT molecular complexity index is 514. The van der Waals surface area contributed by atoms with Crippen LogP contribution in [-0.2, 0) is 10.1 Å². The van der Waals surface area contributed by atoms with E-state index in [0.29, 0.717) is 5.56 Å². The SMILES string of the molecule is CCOC(=O)c1cc(OC(F)F)c(C#N)cc1CBr. The number of carbonyl (C=O) groups is 1. The van der Waals surface area contributed by atoms with Gasteiger partial charge in [-0.05, 0) is 24.6 Å². The van der Waals surface area contributed by atoms with Crippen molar-refractivity contribution < 1.29 is 23.0 Å². The van der Waals surface area contributed by atoms with Crippen LogP contribution in [0.3, 0.4) is 0 Å². The quantitative estimate of drug-likeness (QED) is 0.613. The maximum Gasteiger partial charge on any atom is 0.387 e. The molecule has 0 radical (unpaired) electrons. The molecule has 0 saturated carbocycles. The Morgan fingerprint density at radius 3 is 2.68 bits per heavy atom. The van der Waals surface area contributed by atoms with E-state index in [4.69, 9.17) is 10.00 Å². The molecular weight excluding hydrogens is 324 g/mol. The molecule has 102 valence electrons. The molecule has 4 nitrogen and oxygen atoms in total. The third-order valence-corrected chi connectivity index (χ3v) is 2.79. The molecule has 0 atom stereocenters. The molecule has 0 amide bonds. The van der Waals surface area contributed by atoms with E-state index in [2.05, 4.69) is 20.7 Å². The fourth-order valence-electron chi connectivity index (χ4n) is 1.41. The molecule has 0 aromatic heterocycles. The van der Waals surface area contributed by atoms with Gasteiger partial charge in [0.15, 0.2) is 0 Å². The summed E-state index contributed by atoms with van der Waals surface area (Å²) in [7, 11) is 0. The molecule has 19 heavy (non-hydrogen) atoms. The number of alkyl halides is 3. The standard InChI is InChI=1S/C12H10BrF2NO3/c1-2-18-11(17)9-4-10(19-12(14)15)8(6-16)3-7(9)5-13/h3-4,12H,2,5H2,1H3. The Morgan fingerprint density at radius 1 is 1.53 bits per heavy atom.